The molecule has 3 atom stereocenters. The predicted octanol–water partition coefficient (Wildman–Crippen LogP) is -0.0843. The summed E-state index contributed by atoms with van der Waals surface area (Å²) in [4.78, 5) is 38.1. The van der Waals surface area contributed by atoms with Gasteiger partial charge in [0.1, 0.15) is 6.04 Å². The van der Waals surface area contributed by atoms with E-state index >= 15 is 0 Å². The maximum atomic E-state index is 12.9. The van der Waals surface area contributed by atoms with Crippen LogP contribution in [0.25, 0.3) is 0 Å². The summed E-state index contributed by atoms with van der Waals surface area (Å²) in [6, 6.07) is 5.36. The van der Waals surface area contributed by atoms with E-state index in [0.717, 1.165) is 43.8 Å². The Kier molecular flexibility index (Phi) is 4.64. The van der Waals surface area contributed by atoms with E-state index in [1.807, 2.05) is 18.2 Å². The lowest BCUT2D eigenvalue weighted by molar-refractivity contribution is -0.136. The number of nitrogens with one attached hydrogen (secondary N) is 3. The molecule has 29 heavy (non-hydrogen) atoms. The molecule has 3 saturated heterocycles. The number of piperidine rings is 1. The molecule has 4 heterocycles. The standard InChI is InChI=1S/C21H26N4O4/c26-18-4-3-17(19(27)24-18)25-10-14-2-1-13(7-16(14)20(25)28)8-22-11-21-12-23-9-15(21)5-6-29-21/h1-2,7,15,17,22-23H,3-6,8-12H2,(H,24,26,27)/t15-,17?,21+/m1/s1. The molecule has 3 amide bonds. The Hall–Kier alpha value is -2.29. The second-order valence-corrected chi connectivity index (χ2v) is 8.52. The van der Waals surface area contributed by atoms with Crippen molar-refractivity contribution in [1.82, 2.24) is 20.9 Å². The first kappa shape index (κ1) is 18.7. The fourth-order valence-electron chi connectivity index (χ4n) is 5.11. The zero-order valence-corrected chi connectivity index (χ0v) is 16.3. The number of carbonyl (C=O) groups is 3. The highest BCUT2D eigenvalue weighted by Crippen LogP contribution is 2.34. The molecular weight excluding hydrogens is 372 g/mol. The molecule has 3 fully saturated rings. The first-order chi connectivity index (χ1) is 14.1. The molecular formula is C21H26N4O4. The molecule has 154 valence electrons. The highest BCUT2D eigenvalue weighted by atomic mass is 16.5. The maximum Gasteiger partial charge on any atom is 0.255 e. The van der Waals surface area contributed by atoms with Crippen molar-refractivity contribution in [1.29, 1.82) is 0 Å². The lowest BCUT2D eigenvalue weighted by Gasteiger charge is -2.29. The third-order valence-corrected chi connectivity index (χ3v) is 6.76. The summed E-state index contributed by atoms with van der Waals surface area (Å²) in [6.07, 6.45) is 1.76. The van der Waals surface area contributed by atoms with Gasteiger partial charge in [0.25, 0.3) is 5.91 Å². The molecule has 0 bridgehead atoms. The molecule has 0 spiro atoms. The van der Waals surface area contributed by atoms with Crippen LogP contribution >= 0.6 is 0 Å². The summed E-state index contributed by atoms with van der Waals surface area (Å²) in [6.45, 7) is 4.60. The number of ether oxygens (including phenoxy) is 1. The molecule has 0 aliphatic carbocycles. The maximum absolute atomic E-state index is 12.9. The Bertz CT molecular complexity index is 860. The van der Waals surface area contributed by atoms with Crippen molar-refractivity contribution in [2.45, 2.75) is 44.0 Å². The first-order valence-electron chi connectivity index (χ1n) is 10.4. The van der Waals surface area contributed by atoms with Crippen molar-refractivity contribution in [2.24, 2.45) is 5.92 Å². The van der Waals surface area contributed by atoms with Crippen LogP contribution in [0, 0.1) is 5.92 Å². The Labute approximate surface area is 169 Å². The van der Waals surface area contributed by atoms with Crippen molar-refractivity contribution in [3.8, 4) is 0 Å². The summed E-state index contributed by atoms with van der Waals surface area (Å²) in [5.41, 5.74) is 2.53. The van der Waals surface area contributed by atoms with Gasteiger partial charge in [-0.2, -0.15) is 0 Å². The van der Waals surface area contributed by atoms with Crippen LogP contribution in [0.3, 0.4) is 0 Å². The SMILES string of the molecule is O=C1CCC(N2Cc3ccc(CNC[C@]45CNC[C@H]4CCO5)cc3C2=O)C(=O)N1. The van der Waals surface area contributed by atoms with Crippen molar-refractivity contribution in [2.75, 3.05) is 26.2 Å². The molecule has 0 saturated carbocycles. The molecule has 0 aromatic heterocycles. The van der Waals surface area contributed by atoms with E-state index in [9.17, 15) is 14.4 Å². The average Bonchev–Trinajstić information content (AvgIpc) is 3.35. The third-order valence-electron chi connectivity index (χ3n) is 6.76. The quantitative estimate of drug-likeness (QED) is 0.600. The van der Waals surface area contributed by atoms with Gasteiger partial charge in [-0.05, 0) is 30.0 Å². The van der Waals surface area contributed by atoms with Gasteiger partial charge in [0, 0.05) is 57.2 Å². The average molecular weight is 398 g/mol. The number of hydrogen-bond acceptors (Lipinski definition) is 6. The Morgan fingerprint density at radius 3 is 3.00 bits per heavy atom. The highest BCUT2D eigenvalue weighted by Gasteiger charge is 2.47. The van der Waals surface area contributed by atoms with Crippen LogP contribution in [0.5, 0.6) is 0 Å². The Balaban J connectivity index is 1.23. The van der Waals surface area contributed by atoms with E-state index in [1.54, 1.807) is 4.90 Å². The monoisotopic (exact) mass is 398 g/mol. The van der Waals surface area contributed by atoms with E-state index in [0.29, 0.717) is 31.0 Å². The molecule has 8 nitrogen and oxygen atoms in total. The van der Waals surface area contributed by atoms with Crippen LogP contribution in [0.2, 0.25) is 0 Å². The van der Waals surface area contributed by atoms with Gasteiger partial charge >= 0.3 is 0 Å². The second kappa shape index (κ2) is 7.19. The minimum absolute atomic E-state index is 0.102. The normalized spacial score (nSPS) is 31.2. The smallest absolute Gasteiger partial charge is 0.255 e. The zero-order chi connectivity index (χ0) is 20.0. The number of nitrogens with zero attached hydrogens (tertiary/aromatic N) is 1. The number of hydrogen-bond donors (Lipinski definition) is 3. The molecule has 0 radical (unpaired) electrons. The van der Waals surface area contributed by atoms with Crippen molar-refractivity contribution in [3.05, 3.63) is 34.9 Å². The number of benzene rings is 1. The number of rotatable bonds is 5. The topological polar surface area (TPSA) is 99.8 Å². The minimum Gasteiger partial charge on any atom is -0.372 e. The summed E-state index contributed by atoms with van der Waals surface area (Å²) in [5, 5.41) is 9.27. The van der Waals surface area contributed by atoms with Crippen LogP contribution < -0.4 is 16.0 Å². The molecule has 1 aromatic carbocycles. The van der Waals surface area contributed by atoms with Gasteiger partial charge in [-0.3, -0.25) is 19.7 Å². The highest BCUT2D eigenvalue weighted by molar-refractivity contribution is 6.05. The fourth-order valence-corrected chi connectivity index (χ4v) is 5.11. The number of carbonyl (C=O) groups excluding carboxylic acids is 3. The largest absolute Gasteiger partial charge is 0.372 e. The van der Waals surface area contributed by atoms with E-state index in [1.165, 1.54) is 0 Å². The predicted molar refractivity (Wildman–Crippen MR) is 104 cm³/mol. The number of fused-ring (bicyclic) bond motifs is 2. The zero-order valence-electron chi connectivity index (χ0n) is 16.3. The Morgan fingerprint density at radius 2 is 2.14 bits per heavy atom. The van der Waals surface area contributed by atoms with Crippen molar-refractivity contribution >= 4 is 17.7 Å². The van der Waals surface area contributed by atoms with Gasteiger partial charge in [-0.25, -0.2) is 0 Å². The van der Waals surface area contributed by atoms with E-state index in [-0.39, 0.29) is 29.7 Å². The lowest BCUT2D eigenvalue weighted by atomic mass is 9.91. The molecule has 8 heteroatoms. The molecule has 5 rings (SSSR count). The van der Waals surface area contributed by atoms with Gasteiger partial charge in [0.15, 0.2) is 0 Å². The summed E-state index contributed by atoms with van der Waals surface area (Å²) in [7, 11) is 0. The Morgan fingerprint density at radius 1 is 1.24 bits per heavy atom. The third kappa shape index (κ3) is 3.25. The van der Waals surface area contributed by atoms with E-state index < -0.39 is 6.04 Å². The van der Waals surface area contributed by atoms with Crippen LogP contribution in [0.15, 0.2) is 18.2 Å². The minimum atomic E-state index is -0.570. The summed E-state index contributed by atoms with van der Waals surface area (Å²) in [5.74, 6) is -0.207. The number of amides is 3. The lowest BCUT2D eigenvalue weighted by Crippen LogP contribution is -2.52. The molecule has 4 aliphatic heterocycles. The van der Waals surface area contributed by atoms with Crippen LogP contribution in [0.1, 0.15) is 40.7 Å². The van der Waals surface area contributed by atoms with Crippen molar-refractivity contribution < 1.29 is 19.1 Å². The molecule has 1 aromatic rings. The summed E-state index contributed by atoms with van der Waals surface area (Å²) < 4.78 is 6.04. The van der Waals surface area contributed by atoms with Crippen LogP contribution in [-0.2, 0) is 27.4 Å². The van der Waals surface area contributed by atoms with Gasteiger partial charge in [0.05, 0.1) is 5.60 Å². The van der Waals surface area contributed by atoms with Crippen LogP contribution in [-0.4, -0.2) is 60.5 Å². The fraction of sp³-hybridized carbons (Fsp3) is 0.571. The van der Waals surface area contributed by atoms with Gasteiger partial charge in [-0.1, -0.05) is 12.1 Å². The first-order valence-corrected chi connectivity index (χ1v) is 10.4. The molecule has 4 aliphatic rings. The van der Waals surface area contributed by atoms with Gasteiger partial charge in [0.2, 0.25) is 11.8 Å². The molecule has 1 unspecified atom stereocenters. The van der Waals surface area contributed by atoms with E-state index in [2.05, 4.69) is 16.0 Å². The van der Waals surface area contributed by atoms with Crippen molar-refractivity contribution in [3.63, 3.8) is 0 Å². The number of imide groups is 1. The second-order valence-electron chi connectivity index (χ2n) is 8.52. The molecule has 3 N–H and O–H groups in total. The van der Waals surface area contributed by atoms with Crippen LogP contribution in [0.4, 0.5) is 0 Å². The van der Waals surface area contributed by atoms with E-state index in [4.69, 9.17) is 4.74 Å². The van der Waals surface area contributed by atoms with Gasteiger partial charge in [-0.15, -0.1) is 0 Å². The van der Waals surface area contributed by atoms with Gasteiger partial charge < -0.3 is 20.3 Å². The summed E-state index contributed by atoms with van der Waals surface area (Å²) >= 11 is 0.